The van der Waals surface area contributed by atoms with Gasteiger partial charge >= 0.3 is 5.97 Å². The second-order valence-electron chi connectivity index (χ2n) is 9.87. The Kier molecular flexibility index (Phi) is 10.2. The Morgan fingerprint density at radius 1 is 1.00 bits per heavy atom. The van der Waals surface area contributed by atoms with Crippen LogP contribution in [0.25, 0.3) is 0 Å². The maximum absolute atomic E-state index is 12.6. The van der Waals surface area contributed by atoms with E-state index < -0.39 is 11.2 Å². The molecule has 35 heavy (non-hydrogen) atoms. The van der Waals surface area contributed by atoms with Crippen molar-refractivity contribution < 1.29 is 28.6 Å². The zero-order valence-corrected chi connectivity index (χ0v) is 21.2. The molecule has 1 spiro atoms. The highest BCUT2D eigenvalue weighted by Crippen LogP contribution is 2.37. The summed E-state index contributed by atoms with van der Waals surface area (Å²) in [5.41, 5.74) is -1.12. The minimum Gasteiger partial charge on any atom is -0.462 e. The zero-order chi connectivity index (χ0) is 25.2. The highest BCUT2D eigenvalue weighted by atomic mass is 16.6. The molecule has 2 aliphatic carbocycles. The molecule has 0 aromatic rings. The molecule has 1 unspecified atom stereocenters. The fraction of sp³-hybridized carbons (Fsp3) is 0.621. The normalized spacial score (nSPS) is 22.7. The lowest BCUT2D eigenvalue weighted by Gasteiger charge is -2.30. The van der Waals surface area contributed by atoms with Gasteiger partial charge in [0.1, 0.15) is 17.3 Å². The minimum atomic E-state index is -0.588. The standard InChI is InChI=1S/C29H40O6/c1-3-5-6-7-8-27(32)34-25(14-21-33-28(15-4-2)16-9-23(30)10-17-28)22-26-13-20-29(35-26)18-11-24(31)12-19-29/h9-12,16-19,25-26H,3-8,13-15,20-22H2,1-2H3/t25?,26-/m1/s1. The van der Waals surface area contributed by atoms with Crippen LogP contribution in [0, 0.1) is 0 Å². The summed E-state index contributed by atoms with van der Waals surface area (Å²) >= 11 is 0. The third-order valence-corrected chi connectivity index (χ3v) is 6.87. The van der Waals surface area contributed by atoms with Gasteiger partial charge in [-0.05, 0) is 74.3 Å². The average molecular weight is 485 g/mol. The van der Waals surface area contributed by atoms with Crippen LogP contribution in [0.4, 0.5) is 0 Å². The van der Waals surface area contributed by atoms with Crippen LogP contribution in [0.3, 0.4) is 0 Å². The molecule has 6 heteroatoms. The highest BCUT2D eigenvalue weighted by Gasteiger charge is 2.39. The van der Waals surface area contributed by atoms with Crippen molar-refractivity contribution in [1.29, 1.82) is 0 Å². The molecule has 0 N–H and O–H groups in total. The molecule has 0 bridgehead atoms. The largest absolute Gasteiger partial charge is 0.462 e. The molecule has 0 aromatic heterocycles. The summed E-state index contributed by atoms with van der Waals surface area (Å²) in [5.74, 6) is -0.230. The van der Waals surface area contributed by atoms with Gasteiger partial charge in [0.25, 0.3) is 0 Å². The number of hydrogen-bond donors (Lipinski definition) is 0. The van der Waals surface area contributed by atoms with E-state index in [0.717, 1.165) is 51.4 Å². The average Bonchev–Trinajstić information content (AvgIpc) is 3.23. The van der Waals surface area contributed by atoms with Crippen molar-refractivity contribution in [1.82, 2.24) is 0 Å². The third-order valence-electron chi connectivity index (χ3n) is 6.87. The van der Waals surface area contributed by atoms with E-state index in [9.17, 15) is 14.4 Å². The molecular formula is C29H40O6. The number of ether oxygens (including phenoxy) is 3. The monoisotopic (exact) mass is 484 g/mol. The van der Waals surface area contributed by atoms with Gasteiger partial charge in [-0.2, -0.15) is 0 Å². The van der Waals surface area contributed by atoms with Gasteiger partial charge in [0.05, 0.1) is 12.7 Å². The van der Waals surface area contributed by atoms with Crippen LogP contribution >= 0.6 is 0 Å². The summed E-state index contributed by atoms with van der Waals surface area (Å²) < 4.78 is 18.5. The molecule has 3 aliphatic rings. The molecule has 0 amide bonds. The van der Waals surface area contributed by atoms with Crippen molar-refractivity contribution in [3.8, 4) is 0 Å². The fourth-order valence-corrected chi connectivity index (χ4v) is 4.91. The van der Waals surface area contributed by atoms with E-state index in [0.29, 0.717) is 25.9 Å². The molecule has 1 heterocycles. The number of allylic oxidation sites excluding steroid dienone is 4. The lowest BCUT2D eigenvalue weighted by atomic mass is 9.92. The Hall–Kier alpha value is -2.31. The summed E-state index contributed by atoms with van der Waals surface area (Å²) in [6.07, 6.45) is 22.2. The van der Waals surface area contributed by atoms with Crippen LogP contribution < -0.4 is 0 Å². The predicted molar refractivity (Wildman–Crippen MR) is 135 cm³/mol. The van der Waals surface area contributed by atoms with Crippen molar-refractivity contribution in [2.75, 3.05) is 6.61 Å². The Morgan fingerprint density at radius 3 is 2.34 bits per heavy atom. The van der Waals surface area contributed by atoms with E-state index in [1.54, 1.807) is 24.3 Å². The van der Waals surface area contributed by atoms with Gasteiger partial charge in [0.2, 0.25) is 0 Å². The van der Waals surface area contributed by atoms with Crippen molar-refractivity contribution in [3.63, 3.8) is 0 Å². The summed E-state index contributed by atoms with van der Waals surface area (Å²) in [6, 6.07) is 0. The van der Waals surface area contributed by atoms with Gasteiger partial charge in [0.15, 0.2) is 11.6 Å². The Labute approximate surface area is 209 Å². The Bertz CT molecular complexity index is 832. The van der Waals surface area contributed by atoms with Gasteiger partial charge in [-0.3, -0.25) is 14.4 Å². The van der Waals surface area contributed by atoms with Gasteiger partial charge < -0.3 is 14.2 Å². The van der Waals surface area contributed by atoms with Gasteiger partial charge in [0, 0.05) is 19.3 Å². The second-order valence-corrected chi connectivity index (χ2v) is 9.87. The molecule has 0 radical (unpaired) electrons. The summed E-state index contributed by atoms with van der Waals surface area (Å²) in [6.45, 7) is 4.64. The van der Waals surface area contributed by atoms with Crippen LogP contribution in [-0.2, 0) is 28.6 Å². The topological polar surface area (TPSA) is 78.9 Å². The number of esters is 1. The van der Waals surface area contributed by atoms with E-state index >= 15 is 0 Å². The van der Waals surface area contributed by atoms with Crippen molar-refractivity contribution >= 4 is 17.5 Å². The molecule has 3 rings (SSSR count). The summed E-state index contributed by atoms with van der Waals surface area (Å²) in [5, 5.41) is 0. The van der Waals surface area contributed by atoms with Crippen LogP contribution in [0.15, 0.2) is 48.6 Å². The lowest BCUT2D eigenvalue weighted by molar-refractivity contribution is -0.152. The fourth-order valence-electron chi connectivity index (χ4n) is 4.91. The van der Waals surface area contributed by atoms with Crippen LogP contribution in [-0.4, -0.2) is 47.6 Å². The summed E-state index contributed by atoms with van der Waals surface area (Å²) in [4.78, 5) is 35.7. The van der Waals surface area contributed by atoms with Crippen molar-refractivity contribution in [2.24, 2.45) is 0 Å². The zero-order valence-electron chi connectivity index (χ0n) is 21.2. The first-order valence-electron chi connectivity index (χ1n) is 13.2. The number of rotatable bonds is 14. The Morgan fingerprint density at radius 2 is 1.69 bits per heavy atom. The number of unbranched alkanes of at least 4 members (excludes halogenated alkanes) is 3. The first kappa shape index (κ1) is 27.3. The van der Waals surface area contributed by atoms with E-state index in [1.807, 2.05) is 24.3 Å². The smallest absolute Gasteiger partial charge is 0.306 e. The first-order valence-corrected chi connectivity index (χ1v) is 13.2. The molecule has 0 saturated carbocycles. The molecule has 0 aromatic carbocycles. The number of carbonyl (C=O) groups excluding carboxylic acids is 3. The first-order chi connectivity index (χ1) is 16.9. The molecule has 1 aliphatic heterocycles. The third kappa shape index (κ3) is 8.39. The van der Waals surface area contributed by atoms with Crippen molar-refractivity contribution in [3.05, 3.63) is 48.6 Å². The van der Waals surface area contributed by atoms with Crippen LogP contribution in [0.2, 0.25) is 0 Å². The molecule has 1 saturated heterocycles. The molecule has 192 valence electrons. The van der Waals surface area contributed by atoms with Crippen LogP contribution in [0.1, 0.15) is 84.5 Å². The number of hydrogen-bond acceptors (Lipinski definition) is 6. The maximum Gasteiger partial charge on any atom is 0.306 e. The predicted octanol–water partition coefficient (Wildman–Crippen LogP) is 5.51. The van der Waals surface area contributed by atoms with E-state index in [-0.39, 0.29) is 29.7 Å². The molecule has 1 fully saturated rings. The SMILES string of the molecule is CCCCCCC(=O)OC(CCOC1(CCC)C=CC(=O)C=C1)C[C@H]1CCC2(C=CC(=O)C=C2)O1. The second kappa shape index (κ2) is 13.1. The molecule has 2 atom stereocenters. The quantitative estimate of drug-likeness (QED) is 0.239. The lowest BCUT2D eigenvalue weighted by Crippen LogP contribution is -2.33. The van der Waals surface area contributed by atoms with Gasteiger partial charge in [-0.25, -0.2) is 0 Å². The summed E-state index contributed by atoms with van der Waals surface area (Å²) in [7, 11) is 0. The molecule has 6 nitrogen and oxygen atoms in total. The Balaban J connectivity index is 1.58. The maximum atomic E-state index is 12.6. The van der Waals surface area contributed by atoms with Crippen LogP contribution in [0.5, 0.6) is 0 Å². The van der Waals surface area contributed by atoms with E-state index in [2.05, 4.69) is 13.8 Å². The molecular weight excluding hydrogens is 444 g/mol. The minimum absolute atomic E-state index is 0.0248. The van der Waals surface area contributed by atoms with E-state index in [1.165, 1.54) is 0 Å². The van der Waals surface area contributed by atoms with Gasteiger partial charge in [-0.15, -0.1) is 0 Å². The highest BCUT2D eigenvalue weighted by molar-refractivity contribution is 6.01. The van der Waals surface area contributed by atoms with E-state index in [4.69, 9.17) is 14.2 Å². The number of carbonyl (C=O) groups is 3. The number of ketones is 2. The van der Waals surface area contributed by atoms with Crippen molar-refractivity contribution in [2.45, 2.75) is 108 Å². The van der Waals surface area contributed by atoms with Gasteiger partial charge in [-0.1, -0.05) is 39.5 Å².